The van der Waals surface area contributed by atoms with Crippen molar-refractivity contribution in [3.8, 4) is 5.75 Å². The zero-order valence-electron chi connectivity index (χ0n) is 16.7. The molecule has 0 bridgehead atoms. The normalized spacial score (nSPS) is 16.0. The number of nitrogens with zero attached hydrogens (tertiary/aromatic N) is 1. The van der Waals surface area contributed by atoms with Gasteiger partial charge in [-0.1, -0.05) is 12.1 Å². The molecule has 0 spiro atoms. The first-order chi connectivity index (χ1) is 14.5. The smallest absolute Gasteiger partial charge is 0.257 e. The zero-order chi connectivity index (χ0) is 21.1. The molecule has 1 aromatic heterocycles. The summed E-state index contributed by atoms with van der Waals surface area (Å²) in [6.07, 6.45) is 1.63. The highest BCUT2D eigenvalue weighted by Crippen LogP contribution is 2.21. The second kappa shape index (κ2) is 8.67. The van der Waals surface area contributed by atoms with Crippen LogP contribution in [0.25, 0.3) is 10.9 Å². The Kier molecular flexibility index (Phi) is 5.81. The number of carbonyl (C=O) groups is 1. The molecule has 1 amide bonds. The largest absolute Gasteiger partial charge is 0.497 e. The highest BCUT2D eigenvalue weighted by molar-refractivity contribution is 5.94. The summed E-state index contributed by atoms with van der Waals surface area (Å²) in [5, 5.41) is 0.820. The summed E-state index contributed by atoms with van der Waals surface area (Å²) in [6, 6.07) is 13.0. The molecule has 1 aliphatic rings. The number of amides is 1. The molecule has 6 nitrogen and oxygen atoms in total. The molecule has 1 aliphatic heterocycles. The van der Waals surface area contributed by atoms with E-state index in [0.717, 1.165) is 18.2 Å². The average Bonchev–Trinajstić information content (AvgIpc) is 3.26. The van der Waals surface area contributed by atoms with Gasteiger partial charge in [-0.25, -0.2) is 4.39 Å². The van der Waals surface area contributed by atoms with Crippen molar-refractivity contribution in [3.63, 3.8) is 0 Å². The first-order valence-corrected chi connectivity index (χ1v) is 9.90. The summed E-state index contributed by atoms with van der Waals surface area (Å²) in [5.41, 5.74) is 0.761. The number of aromatic nitrogens is 1. The minimum absolute atomic E-state index is 0.0162. The molecule has 1 atom stereocenters. The van der Waals surface area contributed by atoms with E-state index in [1.165, 1.54) is 17.0 Å². The number of halogens is 1. The van der Waals surface area contributed by atoms with E-state index in [-0.39, 0.29) is 23.8 Å². The average molecular weight is 410 g/mol. The summed E-state index contributed by atoms with van der Waals surface area (Å²) >= 11 is 0. The van der Waals surface area contributed by atoms with E-state index in [4.69, 9.17) is 9.47 Å². The van der Waals surface area contributed by atoms with Crippen molar-refractivity contribution < 1.29 is 18.7 Å². The lowest BCUT2D eigenvalue weighted by molar-refractivity contribution is 0.0503. The summed E-state index contributed by atoms with van der Waals surface area (Å²) in [6.45, 7) is 1.00. The third-order valence-electron chi connectivity index (χ3n) is 5.33. The lowest BCUT2D eigenvalue weighted by Crippen LogP contribution is -2.38. The summed E-state index contributed by atoms with van der Waals surface area (Å²) in [5.74, 6) is -0.405. The maximum atomic E-state index is 14.3. The fourth-order valence-electron chi connectivity index (χ4n) is 3.73. The first-order valence-electron chi connectivity index (χ1n) is 9.90. The predicted octanol–water partition coefficient (Wildman–Crippen LogP) is 3.50. The van der Waals surface area contributed by atoms with Gasteiger partial charge in [0, 0.05) is 24.8 Å². The molecule has 1 fully saturated rings. The number of benzene rings is 2. The second-order valence-corrected chi connectivity index (χ2v) is 7.38. The van der Waals surface area contributed by atoms with Crippen LogP contribution in [0.3, 0.4) is 0 Å². The Morgan fingerprint density at radius 1 is 1.27 bits per heavy atom. The fourth-order valence-corrected chi connectivity index (χ4v) is 3.73. The predicted molar refractivity (Wildman–Crippen MR) is 111 cm³/mol. The van der Waals surface area contributed by atoms with E-state index in [1.807, 2.05) is 6.07 Å². The van der Waals surface area contributed by atoms with Crippen molar-refractivity contribution >= 4 is 16.8 Å². The highest BCUT2D eigenvalue weighted by atomic mass is 19.1. The van der Waals surface area contributed by atoms with Gasteiger partial charge in [0.05, 0.1) is 30.8 Å². The Hall–Kier alpha value is -3.19. The van der Waals surface area contributed by atoms with Crippen molar-refractivity contribution in [1.29, 1.82) is 0 Å². The van der Waals surface area contributed by atoms with Crippen LogP contribution in [-0.2, 0) is 11.3 Å². The third kappa shape index (κ3) is 4.21. The van der Waals surface area contributed by atoms with Crippen molar-refractivity contribution in [3.05, 3.63) is 75.8 Å². The highest BCUT2D eigenvalue weighted by Gasteiger charge is 2.26. The fraction of sp³-hybridized carbons (Fsp3) is 0.304. The first kappa shape index (κ1) is 20.1. The Morgan fingerprint density at radius 3 is 2.83 bits per heavy atom. The lowest BCUT2D eigenvalue weighted by atomic mass is 10.1. The molecule has 2 heterocycles. The summed E-state index contributed by atoms with van der Waals surface area (Å²) in [4.78, 5) is 30.1. The van der Waals surface area contributed by atoms with Crippen molar-refractivity contribution in [2.24, 2.45) is 0 Å². The minimum atomic E-state index is -0.584. The van der Waals surface area contributed by atoms with Crippen LogP contribution in [-0.4, -0.2) is 42.2 Å². The van der Waals surface area contributed by atoms with Gasteiger partial charge in [-0.15, -0.1) is 0 Å². The van der Waals surface area contributed by atoms with Crippen LogP contribution in [0.5, 0.6) is 5.75 Å². The number of fused-ring (bicyclic) bond motifs is 1. The van der Waals surface area contributed by atoms with Crippen molar-refractivity contribution in [2.75, 3.05) is 20.3 Å². The van der Waals surface area contributed by atoms with Gasteiger partial charge < -0.3 is 19.4 Å². The van der Waals surface area contributed by atoms with Gasteiger partial charge in [0.1, 0.15) is 11.6 Å². The van der Waals surface area contributed by atoms with Crippen LogP contribution in [0.2, 0.25) is 0 Å². The topological polar surface area (TPSA) is 71.6 Å². The number of methoxy groups -OCH3 is 1. The molecule has 3 aromatic rings. The molecular weight excluding hydrogens is 387 g/mol. The Morgan fingerprint density at radius 2 is 2.10 bits per heavy atom. The number of ether oxygens (including phenoxy) is 2. The Labute approximate surface area is 173 Å². The number of rotatable bonds is 6. The van der Waals surface area contributed by atoms with E-state index < -0.39 is 11.7 Å². The Balaban J connectivity index is 1.67. The number of hydrogen-bond acceptors (Lipinski definition) is 4. The van der Waals surface area contributed by atoms with Crippen LogP contribution in [0.15, 0.2) is 53.3 Å². The molecule has 30 heavy (non-hydrogen) atoms. The molecule has 1 saturated heterocycles. The van der Waals surface area contributed by atoms with E-state index in [9.17, 15) is 14.0 Å². The van der Waals surface area contributed by atoms with E-state index in [2.05, 4.69) is 4.98 Å². The van der Waals surface area contributed by atoms with Crippen LogP contribution in [0.4, 0.5) is 4.39 Å². The van der Waals surface area contributed by atoms with Crippen molar-refractivity contribution in [1.82, 2.24) is 9.88 Å². The van der Waals surface area contributed by atoms with Crippen LogP contribution >= 0.6 is 0 Å². The van der Waals surface area contributed by atoms with Gasteiger partial charge in [0.25, 0.3) is 11.5 Å². The lowest BCUT2D eigenvalue weighted by Gasteiger charge is -2.25. The standard InChI is InChI=1S/C23H23FN2O4/c1-29-17-9-8-15-11-16(22(27)25-21(15)12-17)13-26(14-18-5-4-10-30-18)23(28)19-6-2-3-7-20(19)24/h2-3,6-9,11-12,18H,4-5,10,13-14H2,1H3,(H,25,27). The summed E-state index contributed by atoms with van der Waals surface area (Å²) in [7, 11) is 1.56. The van der Waals surface area contributed by atoms with E-state index in [1.54, 1.807) is 37.4 Å². The maximum absolute atomic E-state index is 14.3. The zero-order valence-corrected chi connectivity index (χ0v) is 16.7. The summed E-state index contributed by atoms with van der Waals surface area (Å²) < 4.78 is 25.1. The molecule has 7 heteroatoms. The Bertz CT molecular complexity index is 1120. The molecule has 4 rings (SSSR count). The number of aromatic amines is 1. The van der Waals surface area contributed by atoms with E-state index >= 15 is 0 Å². The van der Waals surface area contributed by atoms with E-state index in [0.29, 0.717) is 30.0 Å². The van der Waals surface area contributed by atoms with Gasteiger partial charge in [0.2, 0.25) is 0 Å². The van der Waals surface area contributed by atoms with Gasteiger partial charge in [-0.2, -0.15) is 0 Å². The molecule has 0 radical (unpaired) electrons. The molecule has 156 valence electrons. The quantitative estimate of drug-likeness (QED) is 0.675. The molecule has 1 N–H and O–H groups in total. The molecule has 0 aliphatic carbocycles. The maximum Gasteiger partial charge on any atom is 0.257 e. The van der Waals surface area contributed by atoms with Crippen molar-refractivity contribution in [2.45, 2.75) is 25.5 Å². The van der Waals surface area contributed by atoms with Crippen LogP contribution < -0.4 is 10.3 Å². The molecule has 2 aromatic carbocycles. The molecular formula is C23H23FN2O4. The monoisotopic (exact) mass is 410 g/mol. The van der Waals surface area contributed by atoms with Crippen LogP contribution in [0.1, 0.15) is 28.8 Å². The van der Waals surface area contributed by atoms with Gasteiger partial charge in [-0.3, -0.25) is 9.59 Å². The van der Waals surface area contributed by atoms with Gasteiger partial charge >= 0.3 is 0 Å². The minimum Gasteiger partial charge on any atom is -0.497 e. The van der Waals surface area contributed by atoms with Gasteiger partial charge in [0.15, 0.2) is 0 Å². The number of H-pyrrole nitrogens is 1. The second-order valence-electron chi connectivity index (χ2n) is 7.38. The van der Waals surface area contributed by atoms with Gasteiger partial charge in [-0.05, 0) is 48.6 Å². The number of hydrogen-bond donors (Lipinski definition) is 1. The molecule has 0 saturated carbocycles. The number of pyridine rings is 1. The third-order valence-corrected chi connectivity index (χ3v) is 5.33. The van der Waals surface area contributed by atoms with Crippen LogP contribution in [0, 0.1) is 5.82 Å². The molecule has 1 unspecified atom stereocenters. The number of carbonyl (C=O) groups excluding carboxylic acids is 1. The number of nitrogens with one attached hydrogen (secondary N) is 1. The SMILES string of the molecule is COc1ccc2cc(CN(CC3CCCO3)C(=O)c3ccccc3F)c(=O)[nH]c2c1.